The highest BCUT2D eigenvalue weighted by molar-refractivity contribution is 5.99. The molecule has 0 spiro atoms. The van der Waals surface area contributed by atoms with Crippen LogP contribution in [-0.2, 0) is 0 Å². The zero-order chi connectivity index (χ0) is 20.1. The van der Waals surface area contributed by atoms with Gasteiger partial charge < -0.3 is 15.8 Å². The van der Waals surface area contributed by atoms with E-state index in [0.717, 1.165) is 41.2 Å². The second kappa shape index (κ2) is 8.78. The number of aromatic nitrogens is 1. The largest absolute Gasteiger partial charge is 0.457 e. The summed E-state index contributed by atoms with van der Waals surface area (Å²) < 4.78 is 6.08. The fourth-order valence-corrected chi connectivity index (χ4v) is 3.84. The van der Waals surface area contributed by atoms with Crippen LogP contribution in [0.15, 0.2) is 67.0 Å². The first-order chi connectivity index (χ1) is 14.2. The van der Waals surface area contributed by atoms with Gasteiger partial charge in [0.05, 0.1) is 5.56 Å². The molecule has 1 amide bonds. The van der Waals surface area contributed by atoms with Gasteiger partial charge in [-0.1, -0.05) is 43.5 Å². The van der Waals surface area contributed by atoms with Gasteiger partial charge in [-0.3, -0.25) is 9.78 Å². The van der Waals surface area contributed by atoms with Crippen LogP contribution in [0.5, 0.6) is 11.5 Å². The SMILES string of the molecule is NC(=O)c1ccc(-c2ccccc2Oc2ccncc2)cc1NC1CCCCC1. The molecular formula is C24H25N3O2. The summed E-state index contributed by atoms with van der Waals surface area (Å²) in [6.45, 7) is 0. The van der Waals surface area contributed by atoms with Crippen molar-refractivity contribution in [2.45, 2.75) is 38.1 Å². The monoisotopic (exact) mass is 387 g/mol. The molecule has 0 aliphatic heterocycles. The molecular weight excluding hydrogens is 362 g/mol. The number of anilines is 1. The highest BCUT2D eigenvalue weighted by Gasteiger charge is 2.18. The van der Waals surface area contributed by atoms with Gasteiger partial charge in [0.15, 0.2) is 0 Å². The number of primary amides is 1. The number of amides is 1. The van der Waals surface area contributed by atoms with E-state index >= 15 is 0 Å². The molecule has 0 unspecified atom stereocenters. The lowest BCUT2D eigenvalue weighted by atomic mass is 9.94. The number of hydrogen-bond acceptors (Lipinski definition) is 4. The van der Waals surface area contributed by atoms with Gasteiger partial charge in [-0.05, 0) is 48.7 Å². The first-order valence-corrected chi connectivity index (χ1v) is 10.1. The topological polar surface area (TPSA) is 77.2 Å². The molecule has 5 nitrogen and oxygen atoms in total. The first-order valence-electron chi connectivity index (χ1n) is 10.1. The number of pyridine rings is 1. The van der Waals surface area contributed by atoms with Crippen molar-refractivity contribution in [3.05, 3.63) is 72.6 Å². The average Bonchev–Trinajstić information content (AvgIpc) is 2.75. The third-order valence-corrected chi connectivity index (χ3v) is 5.33. The van der Waals surface area contributed by atoms with Crippen molar-refractivity contribution in [1.82, 2.24) is 4.98 Å². The zero-order valence-corrected chi connectivity index (χ0v) is 16.3. The number of carbonyl (C=O) groups is 1. The molecule has 1 aromatic heterocycles. The van der Waals surface area contributed by atoms with Crippen molar-refractivity contribution in [3.8, 4) is 22.6 Å². The lowest BCUT2D eigenvalue weighted by Crippen LogP contribution is -2.24. The van der Waals surface area contributed by atoms with Crippen molar-refractivity contribution < 1.29 is 9.53 Å². The second-order valence-corrected chi connectivity index (χ2v) is 7.39. The maximum absolute atomic E-state index is 12.0. The zero-order valence-electron chi connectivity index (χ0n) is 16.3. The van der Waals surface area contributed by atoms with Crippen LogP contribution in [-0.4, -0.2) is 16.9 Å². The maximum Gasteiger partial charge on any atom is 0.250 e. The van der Waals surface area contributed by atoms with Crippen LogP contribution >= 0.6 is 0 Å². The van der Waals surface area contributed by atoms with Crippen LogP contribution in [0.1, 0.15) is 42.5 Å². The van der Waals surface area contributed by atoms with Crippen LogP contribution < -0.4 is 15.8 Å². The Morgan fingerprint density at radius 1 is 1.00 bits per heavy atom. The summed E-state index contributed by atoms with van der Waals surface area (Å²) in [4.78, 5) is 16.0. The van der Waals surface area contributed by atoms with E-state index in [2.05, 4.69) is 10.3 Å². The Morgan fingerprint density at radius 2 is 1.76 bits per heavy atom. The number of para-hydroxylation sites is 1. The van der Waals surface area contributed by atoms with Gasteiger partial charge in [0.25, 0.3) is 5.91 Å². The highest BCUT2D eigenvalue weighted by Crippen LogP contribution is 2.35. The quantitative estimate of drug-likeness (QED) is 0.595. The molecule has 4 rings (SSSR count). The van der Waals surface area contributed by atoms with E-state index < -0.39 is 5.91 Å². The van der Waals surface area contributed by atoms with Gasteiger partial charge in [-0.15, -0.1) is 0 Å². The van der Waals surface area contributed by atoms with Crippen LogP contribution in [0.4, 0.5) is 5.69 Å². The number of benzene rings is 2. The number of rotatable bonds is 6. The minimum atomic E-state index is -0.420. The summed E-state index contributed by atoms with van der Waals surface area (Å²) >= 11 is 0. The number of nitrogens with zero attached hydrogens (tertiary/aromatic N) is 1. The molecule has 0 radical (unpaired) electrons. The molecule has 1 fully saturated rings. The first kappa shape index (κ1) is 19.0. The van der Waals surface area contributed by atoms with Crippen molar-refractivity contribution in [2.24, 2.45) is 5.73 Å². The Kier molecular flexibility index (Phi) is 5.75. The molecule has 3 N–H and O–H groups in total. The van der Waals surface area contributed by atoms with Gasteiger partial charge in [-0.2, -0.15) is 0 Å². The molecule has 1 heterocycles. The van der Waals surface area contributed by atoms with Crippen LogP contribution in [0.2, 0.25) is 0 Å². The normalized spacial score (nSPS) is 14.3. The molecule has 2 aromatic carbocycles. The van der Waals surface area contributed by atoms with Crippen LogP contribution in [0.25, 0.3) is 11.1 Å². The van der Waals surface area contributed by atoms with Gasteiger partial charge in [0.2, 0.25) is 0 Å². The Morgan fingerprint density at radius 3 is 2.52 bits per heavy atom. The van der Waals surface area contributed by atoms with E-state index in [1.807, 2.05) is 48.5 Å². The molecule has 3 aromatic rings. The van der Waals surface area contributed by atoms with Gasteiger partial charge >= 0.3 is 0 Å². The van der Waals surface area contributed by atoms with E-state index in [9.17, 15) is 4.79 Å². The second-order valence-electron chi connectivity index (χ2n) is 7.39. The fourth-order valence-electron chi connectivity index (χ4n) is 3.84. The lowest BCUT2D eigenvalue weighted by molar-refractivity contribution is 0.100. The molecule has 29 heavy (non-hydrogen) atoms. The summed E-state index contributed by atoms with van der Waals surface area (Å²) in [5.74, 6) is 1.05. The van der Waals surface area contributed by atoms with Gasteiger partial charge in [-0.25, -0.2) is 0 Å². The Balaban J connectivity index is 1.68. The smallest absolute Gasteiger partial charge is 0.250 e. The van der Waals surface area contributed by atoms with E-state index in [0.29, 0.717) is 11.6 Å². The van der Waals surface area contributed by atoms with Gasteiger partial charge in [0, 0.05) is 29.7 Å². The third-order valence-electron chi connectivity index (χ3n) is 5.33. The molecule has 1 aliphatic rings. The molecule has 5 heteroatoms. The number of nitrogens with two attached hydrogens (primary N) is 1. The Bertz CT molecular complexity index is 982. The summed E-state index contributed by atoms with van der Waals surface area (Å²) in [6, 6.07) is 17.6. The summed E-state index contributed by atoms with van der Waals surface area (Å²) in [6.07, 6.45) is 9.34. The Hall–Kier alpha value is -3.34. The van der Waals surface area contributed by atoms with Crippen molar-refractivity contribution in [2.75, 3.05) is 5.32 Å². The van der Waals surface area contributed by atoms with Crippen molar-refractivity contribution in [3.63, 3.8) is 0 Å². The summed E-state index contributed by atoms with van der Waals surface area (Å²) in [5.41, 5.74) is 8.86. The van der Waals surface area contributed by atoms with Crippen LogP contribution in [0, 0.1) is 0 Å². The van der Waals surface area contributed by atoms with E-state index in [4.69, 9.17) is 10.5 Å². The fraction of sp³-hybridized carbons (Fsp3) is 0.250. The third kappa shape index (κ3) is 4.57. The molecule has 0 bridgehead atoms. The molecule has 148 valence electrons. The number of carbonyl (C=O) groups excluding carboxylic acids is 1. The van der Waals surface area contributed by atoms with Crippen molar-refractivity contribution >= 4 is 11.6 Å². The van der Waals surface area contributed by atoms with Crippen molar-refractivity contribution in [1.29, 1.82) is 0 Å². The molecule has 0 saturated heterocycles. The van der Waals surface area contributed by atoms with E-state index in [-0.39, 0.29) is 0 Å². The van der Waals surface area contributed by atoms with E-state index in [1.54, 1.807) is 18.5 Å². The Labute approximate surface area is 170 Å². The number of ether oxygens (including phenoxy) is 1. The number of nitrogens with one attached hydrogen (secondary N) is 1. The predicted molar refractivity (Wildman–Crippen MR) is 115 cm³/mol. The molecule has 1 saturated carbocycles. The highest BCUT2D eigenvalue weighted by atomic mass is 16.5. The standard InChI is InChI=1S/C24H25N3O2/c25-24(28)21-11-10-17(16-22(21)27-18-6-2-1-3-7-18)20-8-4-5-9-23(20)29-19-12-14-26-15-13-19/h4-5,8-16,18,27H,1-3,6-7H2,(H2,25,28). The minimum Gasteiger partial charge on any atom is -0.457 e. The van der Waals surface area contributed by atoms with E-state index in [1.165, 1.54) is 19.3 Å². The maximum atomic E-state index is 12.0. The summed E-state index contributed by atoms with van der Waals surface area (Å²) in [7, 11) is 0. The van der Waals surface area contributed by atoms with Crippen LogP contribution in [0.3, 0.4) is 0 Å². The predicted octanol–water partition coefficient (Wildman–Crippen LogP) is 5.38. The molecule has 1 aliphatic carbocycles. The molecule has 0 atom stereocenters. The minimum absolute atomic E-state index is 0.375. The number of hydrogen-bond donors (Lipinski definition) is 2. The lowest BCUT2D eigenvalue weighted by Gasteiger charge is -2.25. The van der Waals surface area contributed by atoms with Gasteiger partial charge in [0.1, 0.15) is 11.5 Å². The average molecular weight is 387 g/mol. The summed E-state index contributed by atoms with van der Waals surface area (Å²) in [5, 5.41) is 3.56.